The summed E-state index contributed by atoms with van der Waals surface area (Å²) in [6, 6.07) is 1.32. The molecule has 1 aromatic rings. The number of hydrogen-bond acceptors (Lipinski definition) is 7. The molecule has 2 heterocycles. The Hall–Kier alpha value is -1.92. The summed E-state index contributed by atoms with van der Waals surface area (Å²) in [6.45, 7) is -0.557. The molecule has 8 heteroatoms. The van der Waals surface area contributed by atoms with Crippen molar-refractivity contribution in [3.8, 4) is 12.3 Å². The van der Waals surface area contributed by atoms with Gasteiger partial charge >= 0.3 is 5.69 Å². The summed E-state index contributed by atoms with van der Waals surface area (Å²) < 4.78 is 6.14. The van der Waals surface area contributed by atoms with Crippen LogP contribution in [0.4, 0.5) is 5.82 Å². The van der Waals surface area contributed by atoms with Crippen molar-refractivity contribution >= 4 is 5.82 Å². The molecule has 0 aromatic carbocycles. The Kier molecular flexibility index (Phi) is 3.30. The van der Waals surface area contributed by atoms with Gasteiger partial charge in [-0.25, -0.2) is 4.79 Å². The Morgan fingerprint density at radius 3 is 2.89 bits per heavy atom. The predicted molar refractivity (Wildman–Crippen MR) is 63.7 cm³/mol. The molecule has 0 bridgehead atoms. The molecule has 8 nitrogen and oxygen atoms in total. The normalized spacial score (nSPS) is 34.1. The molecule has 102 valence electrons. The molecular formula is C11H13N3O5. The minimum absolute atomic E-state index is 0.00255. The fraction of sp³-hybridized carbons (Fsp3) is 0.455. The first-order valence-electron chi connectivity index (χ1n) is 5.43. The number of terminal acetylenes is 1. The summed E-state index contributed by atoms with van der Waals surface area (Å²) in [7, 11) is 0. The number of rotatable bonds is 2. The number of nitrogens with zero attached hydrogens (tertiary/aromatic N) is 2. The van der Waals surface area contributed by atoms with Crippen LogP contribution in [-0.2, 0) is 4.74 Å². The summed E-state index contributed by atoms with van der Waals surface area (Å²) in [5, 5.41) is 29.1. The second-order valence-corrected chi connectivity index (χ2v) is 4.17. The molecule has 1 aliphatic rings. The third-order valence-corrected chi connectivity index (χ3v) is 3.00. The number of hydrogen-bond donors (Lipinski definition) is 4. The number of aliphatic hydroxyl groups excluding tert-OH is 2. The molecular weight excluding hydrogens is 254 g/mol. The van der Waals surface area contributed by atoms with Crippen molar-refractivity contribution in [3.63, 3.8) is 0 Å². The van der Waals surface area contributed by atoms with Gasteiger partial charge in [-0.2, -0.15) is 4.98 Å². The summed E-state index contributed by atoms with van der Waals surface area (Å²) >= 11 is 0. The van der Waals surface area contributed by atoms with Gasteiger partial charge in [0.1, 0.15) is 18.0 Å². The van der Waals surface area contributed by atoms with E-state index in [-0.39, 0.29) is 5.82 Å². The molecule has 1 saturated heterocycles. The van der Waals surface area contributed by atoms with E-state index >= 15 is 0 Å². The van der Waals surface area contributed by atoms with Gasteiger partial charge in [0.25, 0.3) is 0 Å². The van der Waals surface area contributed by atoms with E-state index in [1.807, 2.05) is 5.92 Å². The van der Waals surface area contributed by atoms with Crippen molar-refractivity contribution < 1.29 is 20.1 Å². The van der Waals surface area contributed by atoms with Gasteiger partial charge in [-0.1, -0.05) is 5.92 Å². The summed E-state index contributed by atoms with van der Waals surface area (Å²) in [4.78, 5) is 15.2. The van der Waals surface area contributed by atoms with Crippen molar-refractivity contribution in [2.24, 2.45) is 0 Å². The van der Waals surface area contributed by atoms with E-state index in [9.17, 15) is 15.0 Å². The molecule has 0 saturated carbocycles. The molecule has 1 aliphatic heterocycles. The van der Waals surface area contributed by atoms with Crippen LogP contribution in [-0.4, -0.2) is 49.3 Å². The highest BCUT2D eigenvalue weighted by Gasteiger charge is 2.55. The average Bonchev–Trinajstić information content (AvgIpc) is 2.63. The van der Waals surface area contributed by atoms with Crippen molar-refractivity contribution in [2.75, 3.05) is 12.3 Å². The fourth-order valence-electron chi connectivity index (χ4n) is 1.95. The molecule has 0 unspecified atom stereocenters. The number of anilines is 1. The number of nitrogen functional groups attached to an aromatic ring is 1. The van der Waals surface area contributed by atoms with E-state index in [4.69, 9.17) is 22.0 Å². The molecule has 0 aliphatic carbocycles. The van der Waals surface area contributed by atoms with Gasteiger partial charge in [-0.15, -0.1) is 6.42 Å². The Morgan fingerprint density at radius 1 is 1.68 bits per heavy atom. The van der Waals surface area contributed by atoms with Gasteiger partial charge in [0.2, 0.25) is 0 Å². The molecule has 0 amide bonds. The van der Waals surface area contributed by atoms with Gasteiger partial charge in [-0.05, 0) is 6.07 Å². The van der Waals surface area contributed by atoms with Crippen LogP contribution in [0.1, 0.15) is 6.23 Å². The maximum Gasteiger partial charge on any atom is 0.351 e. The van der Waals surface area contributed by atoms with Crippen molar-refractivity contribution in [2.45, 2.75) is 24.0 Å². The summed E-state index contributed by atoms with van der Waals surface area (Å²) in [5.41, 5.74) is 2.42. The molecule has 5 N–H and O–H groups in total. The van der Waals surface area contributed by atoms with E-state index in [0.29, 0.717) is 0 Å². The van der Waals surface area contributed by atoms with Crippen LogP contribution >= 0.6 is 0 Å². The van der Waals surface area contributed by atoms with E-state index in [1.165, 1.54) is 12.3 Å². The van der Waals surface area contributed by atoms with E-state index < -0.39 is 36.3 Å². The highest BCUT2D eigenvalue weighted by Crippen LogP contribution is 2.37. The Labute approximate surface area is 108 Å². The first-order chi connectivity index (χ1) is 8.93. The third kappa shape index (κ3) is 1.98. The topological polar surface area (TPSA) is 131 Å². The van der Waals surface area contributed by atoms with Gasteiger partial charge in [-0.3, -0.25) is 4.57 Å². The number of ether oxygens (including phenoxy) is 1. The molecule has 1 aromatic heterocycles. The average molecular weight is 267 g/mol. The molecule has 2 rings (SSSR count). The maximum absolute atomic E-state index is 11.7. The van der Waals surface area contributed by atoms with Gasteiger partial charge in [0.05, 0.1) is 6.61 Å². The molecule has 19 heavy (non-hydrogen) atoms. The Balaban J connectivity index is 2.49. The first-order valence-corrected chi connectivity index (χ1v) is 5.43. The Morgan fingerprint density at radius 2 is 2.37 bits per heavy atom. The van der Waals surface area contributed by atoms with Crippen LogP contribution in [0.2, 0.25) is 0 Å². The molecule has 4 atom stereocenters. The van der Waals surface area contributed by atoms with E-state index in [2.05, 4.69) is 4.98 Å². The largest absolute Gasteiger partial charge is 0.394 e. The minimum atomic E-state index is -2.14. The van der Waals surface area contributed by atoms with Crippen LogP contribution in [0.25, 0.3) is 0 Å². The Bertz CT molecular complexity index is 580. The quantitative estimate of drug-likeness (QED) is 0.433. The van der Waals surface area contributed by atoms with E-state index in [1.54, 1.807) is 0 Å². The fourth-order valence-corrected chi connectivity index (χ4v) is 1.95. The lowest BCUT2D eigenvalue weighted by Crippen LogP contribution is -2.47. The lowest BCUT2D eigenvalue weighted by Gasteiger charge is -2.26. The standard InChI is InChI=1S/C11H13N3O5/c1-2-11(18)8(16)6(5-15)19-9(11)14-4-3-7(12)13-10(14)17/h1,3-4,6,8-9,15-16,18H,5H2,(H2,12,13,17)/t6-,8-,9-,11+/m1/s1. The van der Waals surface area contributed by atoms with Gasteiger partial charge in [0.15, 0.2) is 11.8 Å². The zero-order valence-corrected chi connectivity index (χ0v) is 9.80. The zero-order chi connectivity index (χ0) is 14.2. The molecule has 0 radical (unpaired) electrons. The number of aliphatic hydroxyl groups is 3. The summed E-state index contributed by atoms with van der Waals surface area (Å²) in [5.74, 6) is 2.00. The van der Waals surface area contributed by atoms with Crippen molar-refractivity contribution in [1.29, 1.82) is 0 Å². The minimum Gasteiger partial charge on any atom is -0.394 e. The molecule has 1 fully saturated rings. The van der Waals surface area contributed by atoms with Crippen molar-refractivity contribution in [1.82, 2.24) is 9.55 Å². The number of aromatic nitrogens is 2. The number of nitrogens with two attached hydrogens (primary N) is 1. The smallest absolute Gasteiger partial charge is 0.351 e. The summed E-state index contributed by atoms with van der Waals surface area (Å²) in [6.07, 6.45) is 2.45. The van der Waals surface area contributed by atoms with Crippen LogP contribution in [0.15, 0.2) is 17.1 Å². The maximum atomic E-state index is 11.7. The lowest BCUT2D eigenvalue weighted by atomic mass is 9.95. The van der Waals surface area contributed by atoms with Crippen LogP contribution in [0.3, 0.4) is 0 Å². The van der Waals surface area contributed by atoms with Crippen molar-refractivity contribution in [3.05, 3.63) is 22.7 Å². The lowest BCUT2D eigenvalue weighted by molar-refractivity contribution is -0.0763. The zero-order valence-electron chi connectivity index (χ0n) is 9.80. The van der Waals surface area contributed by atoms with Crippen LogP contribution in [0.5, 0.6) is 0 Å². The second-order valence-electron chi connectivity index (χ2n) is 4.17. The van der Waals surface area contributed by atoms with Gasteiger partial charge < -0.3 is 25.8 Å². The highest BCUT2D eigenvalue weighted by molar-refractivity contribution is 5.25. The second kappa shape index (κ2) is 4.64. The monoisotopic (exact) mass is 267 g/mol. The SMILES string of the molecule is C#C[C@]1(O)[C@H](O)[C@@H](CO)O[C@H]1n1ccc(N)nc1=O. The van der Waals surface area contributed by atoms with Gasteiger partial charge in [0, 0.05) is 6.20 Å². The van der Waals surface area contributed by atoms with Crippen LogP contribution < -0.4 is 11.4 Å². The van der Waals surface area contributed by atoms with E-state index in [0.717, 1.165) is 4.57 Å². The molecule has 0 spiro atoms. The van der Waals surface area contributed by atoms with Crippen LogP contribution in [0, 0.1) is 12.3 Å². The third-order valence-electron chi connectivity index (χ3n) is 3.00. The highest BCUT2D eigenvalue weighted by atomic mass is 16.6. The predicted octanol–water partition coefficient (Wildman–Crippen LogP) is -2.56. The first kappa shape index (κ1) is 13.5.